The van der Waals surface area contributed by atoms with E-state index in [4.69, 9.17) is 0 Å². The molecule has 3 aromatic heterocycles. The maximum absolute atomic E-state index is 12.8. The summed E-state index contributed by atoms with van der Waals surface area (Å²) in [6, 6.07) is 0.824. The first kappa shape index (κ1) is 15.3. The summed E-state index contributed by atoms with van der Waals surface area (Å²) in [6.45, 7) is 3.78. The van der Waals surface area contributed by atoms with E-state index in [9.17, 15) is 13.2 Å². The summed E-state index contributed by atoms with van der Waals surface area (Å²) in [4.78, 5) is 4.14. The number of anilines is 1. The second kappa shape index (κ2) is 5.25. The molecular weight excluding hydrogens is 309 g/mol. The van der Waals surface area contributed by atoms with E-state index in [-0.39, 0.29) is 11.6 Å². The molecule has 0 aliphatic carbocycles. The fourth-order valence-corrected chi connectivity index (χ4v) is 2.50. The zero-order chi connectivity index (χ0) is 16.8. The molecule has 3 rings (SSSR count). The van der Waals surface area contributed by atoms with Gasteiger partial charge in [0, 0.05) is 37.3 Å². The molecule has 6 nitrogen and oxygen atoms in total. The highest BCUT2D eigenvalue weighted by atomic mass is 19.4. The number of halogens is 3. The van der Waals surface area contributed by atoms with Crippen molar-refractivity contribution >= 4 is 11.3 Å². The van der Waals surface area contributed by atoms with Crippen LogP contribution < -0.4 is 5.32 Å². The van der Waals surface area contributed by atoms with Gasteiger partial charge >= 0.3 is 6.18 Å². The lowest BCUT2D eigenvalue weighted by atomic mass is 10.1. The second-order valence-corrected chi connectivity index (χ2v) is 5.34. The van der Waals surface area contributed by atoms with E-state index in [1.807, 2.05) is 27.1 Å². The van der Waals surface area contributed by atoms with Gasteiger partial charge < -0.3 is 5.32 Å². The van der Waals surface area contributed by atoms with E-state index in [2.05, 4.69) is 20.5 Å². The first-order valence-corrected chi connectivity index (χ1v) is 6.94. The summed E-state index contributed by atoms with van der Waals surface area (Å²) in [6.07, 6.45) is 0.167. The Labute approximate surface area is 129 Å². The third-order valence-corrected chi connectivity index (χ3v) is 3.55. The molecule has 1 unspecified atom stereocenters. The molecule has 23 heavy (non-hydrogen) atoms. The maximum atomic E-state index is 12.8. The number of rotatable bonds is 3. The van der Waals surface area contributed by atoms with Gasteiger partial charge in [-0.3, -0.25) is 4.68 Å². The molecule has 0 fully saturated rings. The highest BCUT2D eigenvalue weighted by molar-refractivity contribution is 5.68. The van der Waals surface area contributed by atoms with Crippen LogP contribution >= 0.6 is 0 Å². The van der Waals surface area contributed by atoms with Gasteiger partial charge in [-0.1, -0.05) is 0 Å². The van der Waals surface area contributed by atoms with Crippen molar-refractivity contribution in [3.8, 4) is 0 Å². The Hall–Kier alpha value is -2.58. The molecule has 3 aromatic rings. The highest BCUT2D eigenvalue weighted by Gasteiger charge is 2.34. The minimum absolute atomic E-state index is 0.161. The molecule has 0 saturated heterocycles. The summed E-state index contributed by atoms with van der Waals surface area (Å²) in [5.74, 6) is 0.339. The van der Waals surface area contributed by atoms with Gasteiger partial charge in [-0.2, -0.15) is 23.4 Å². The number of hydrogen-bond acceptors (Lipinski definition) is 4. The smallest absolute Gasteiger partial charge is 0.362 e. The Bertz CT molecular complexity index is 848. The van der Waals surface area contributed by atoms with E-state index >= 15 is 0 Å². The summed E-state index contributed by atoms with van der Waals surface area (Å²) >= 11 is 0. The fourth-order valence-electron chi connectivity index (χ4n) is 2.50. The number of nitrogens with zero attached hydrogens (tertiary/aromatic N) is 5. The summed E-state index contributed by atoms with van der Waals surface area (Å²) < 4.78 is 41.3. The van der Waals surface area contributed by atoms with Crippen molar-refractivity contribution in [1.82, 2.24) is 24.4 Å². The van der Waals surface area contributed by atoms with Gasteiger partial charge in [0.05, 0.1) is 11.7 Å². The lowest BCUT2D eigenvalue weighted by molar-refractivity contribution is -0.141. The normalized spacial score (nSPS) is 13.5. The second-order valence-electron chi connectivity index (χ2n) is 5.34. The first-order valence-electron chi connectivity index (χ1n) is 6.94. The maximum Gasteiger partial charge on any atom is 0.435 e. The minimum atomic E-state index is -4.49. The summed E-state index contributed by atoms with van der Waals surface area (Å²) in [5.41, 5.74) is 1.13. The third kappa shape index (κ3) is 2.86. The molecule has 0 amide bonds. The van der Waals surface area contributed by atoms with Crippen molar-refractivity contribution in [3.05, 3.63) is 41.6 Å². The molecule has 9 heteroatoms. The van der Waals surface area contributed by atoms with Gasteiger partial charge in [-0.25, -0.2) is 9.50 Å². The van der Waals surface area contributed by atoms with Crippen LogP contribution in [0.3, 0.4) is 0 Å². The lowest BCUT2D eigenvalue weighted by Gasteiger charge is -2.14. The van der Waals surface area contributed by atoms with Crippen LogP contribution in [0.15, 0.2) is 24.7 Å². The first-order chi connectivity index (χ1) is 10.8. The number of aromatic nitrogens is 5. The van der Waals surface area contributed by atoms with Crippen LogP contribution in [0.2, 0.25) is 0 Å². The van der Waals surface area contributed by atoms with Crippen molar-refractivity contribution in [2.45, 2.75) is 26.1 Å². The number of alkyl halides is 3. The summed E-state index contributed by atoms with van der Waals surface area (Å²) in [5, 5.41) is 10.9. The topological polar surface area (TPSA) is 60.0 Å². The highest BCUT2D eigenvalue weighted by Crippen LogP contribution is 2.31. The van der Waals surface area contributed by atoms with E-state index < -0.39 is 11.9 Å². The Morgan fingerprint density at radius 3 is 2.61 bits per heavy atom. The molecule has 0 spiro atoms. The van der Waals surface area contributed by atoms with E-state index in [1.165, 1.54) is 16.9 Å². The number of aryl methyl sites for hydroxylation is 2. The average molecular weight is 324 g/mol. The SMILES string of the molecule is Cc1nn(C)cc1C(C)Nc1nccn2nc(C(F)(F)F)cc12. The van der Waals surface area contributed by atoms with Gasteiger partial charge in [-0.05, 0) is 13.8 Å². The van der Waals surface area contributed by atoms with Gasteiger partial charge in [0.1, 0.15) is 5.52 Å². The van der Waals surface area contributed by atoms with Crippen LogP contribution in [-0.4, -0.2) is 24.4 Å². The predicted octanol–water partition coefficient (Wildman–Crippen LogP) is 2.96. The predicted molar refractivity (Wildman–Crippen MR) is 78.0 cm³/mol. The van der Waals surface area contributed by atoms with Gasteiger partial charge in [0.15, 0.2) is 11.5 Å². The molecule has 1 N–H and O–H groups in total. The van der Waals surface area contributed by atoms with Crippen molar-refractivity contribution in [1.29, 1.82) is 0 Å². The molecule has 0 aliphatic rings. The van der Waals surface area contributed by atoms with Crippen LogP contribution in [0.4, 0.5) is 19.0 Å². The molecular formula is C14H15F3N6. The van der Waals surface area contributed by atoms with Crippen molar-refractivity contribution < 1.29 is 13.2 Å². The Morgan fingerprint density at radius 1 is 1.26 bits per heavy atom. The standard InChI is InChI=1S/C14H15F3N6/c1-8(10-7-22(3)20-9(10)2)19-13-11-6-12(14(15,16)17)21-23(11)5-4-18-13/h4-8H,1-3H3,(H,18,19). The van der Waals surface area contributed by atoms with Crippen LogP contribution in [-0.2, 0) is 13.2 Å². The van der Waals surface area contributed by atoms with Crippen LogP contribution in [0.1, 0.15) is 29.9 Å². The zero-order valence-corrected chi connectivity index (χ0v) is 12.8. The average Bonchev–Trinajstić information content (AvgIpc) is 3.02. The zero-order valence-electron chi connectivity index (χ0n) is 12.8. The van der Waals surface area contributed by atoms with Crippen molar-refractivity contribution in [2.24, 2.45) is 7.05 Å². The third-order valence-electron chi connectivity index (χ3n) is 3.55. The molecule has 1 atom stereocenters. The minimum Gasteiger partial charge on any atom is -0.362 e. The van der Waals surface area contributed by atoms with E-state index in [1.54, 1.807) is 4.68 Å². The van der Waals surface area contributed by atoms with Gasteiger partial charge in [0.25, 0.3) is 0 Å². The van der Waals surface area contributed by atoms with E-state index in [0.29, 0.717) is 5.82 Å². The fraction of sp³-hybridized carbons (Fsp3) is 0.357. The number of hydrogen-bond donors (Lipinski definition) is 1. The molecule has 3 heterocycles. The monoisotopic (exact) mass is 324 g/mol. The molecule has 0 radical (unpaired) electrons. The molecule has 122 valence electrons. The van der Waals surface area contributed by atoms with E-state index in [0.717, 1.165) is 17.3 Å². The summed E-state index contributed by atoms with van der Waals surface area (Å²) in [7, 11) is 1.81. The Balaban J connectivity index is 1.97. The number of nitrogens with one attached hydrogen (secondary N) is 1. The Morgan fingerprint density at radius 2 is 2.00 bits per heavy atom. The van der Waals surface area contributed by atoms with Gasteiger partial charge in [0.2, 0.25) is 0 Å². The molecule has 0 aliphatic heterocycles. The molecule has 0 bridgehead atoms. The quantitative estimate of drug-likeness (QED) is 0.805. The van der Waals surface area contributed by atoms with Crippen LogP contribution in [0.25, 0.3) is 5.52 Å². The van der Waals surface area contributed by atoms with Crippen LogP contribution in [0.5, 0.6) is 0 Å². The Kier molecular flexibility index (Phi) is 3.50. The molecule has 0 saturated carbocycles. The largest absolute Gasteiger partial charge is 0.435 e. The van der Waals surface area contributed by atoms with Crippen molar-refractivity contribution in [2.75, 3.05) is 5.32 Å². The lowest BCUT2D eigenvalue weighted by Crippen LogP contribution is -2.09. The van der Waals surface area contributed by atoms with Crippen molar-refractivity contribution in [3.63, 3.8) is 0 Å². The van der Waals surface area contributed by atoms with Gasteiger partial charge in [-0.15, -0.1) is 0 Å². The number of fused-ring (bicyclic) bond motifs is 1. The molecule has 0 aromatic carbocycles. The van der Waals surface area contributed by atoms with Crippen LogP contribution in [0, 0.1) is 6.92 Å².